The summed E-state index contributed by atoms with van der Waals surface area (Å²) in [7, 11) is 0. The highest BCUT2D eigenvalue weighted by atomic mass is 16.7. The van der Waals surface area contributed by atoms with Gasteiger partial charge in [-0.2, -0.15) is 5.48 Å². The predicted molar refractivity (Wildman–Crippen MR) is 142 cm³/mol. The van der Waals surface area contributed by atoms with E-state index < -0.39 is 17.8 Å². The Balaban J connectivity index is 3.71. The van der Waals surface area contributed by atoms with Crippen LogP contribution in [0.2, 0.25) is 0 Å². The number of hydrogen-bond donors (Lipinski definition) is 6. The first-order valence-electron chi connectivity index (χ1n) is 13.8. The van der Waals surface area contributed by atoms with Gasteiger partial charge in [0.1, 0.15) is 0 Å². The second kappa shape index (κ2) is 24.2. The highest BCUT2D eigenvalue weighted by Gasteiger charge is 2.14. The number of amides is 4. The van der Waals surface area contributed by atoms with E-state index in [2.05, 4.69) is 21.0 Å². The summed E-state index contributed by atoms with van der Waals surface area (Å²) in [6, 6.07) is 0. The molecule has 0 radical (unpaired) electrons. The van der Waals surface area contributed by atoms with E-state index in [1.54, 1.807) is 0 Å². The van der Waals surface area contributed by atoms with Crippen LogP contribution in [-0.2, 0) is 28.8 Å². The second-order valence-electron chi connectivity index (χ2n) is 9.19. The van der Waals surface area contributed by atoms with Crippen LogP contribution in [0.1, 0.15) is 90.4 Å². The van der Waals surface area contributed by atoms with Crippen molar-refractivity contribution in [2.45, 2.75) is 90.4 Å². The maximum atomic E-state index is 12.0. The lowest BCUT2D eigenvalue weighted by Crippen LogP contribution is -2.31. The Labute approximate surface area is 230 Å². The molecule has 0 aliphatic carbocycles. The van der Waals surface area contributed by atoms with E-state index in [0.717, 1.165) is 32.1 Å². The minimum atomic E-state index is -0.531. The second-order valence-corrected chi connectivity index (χ2v) is 9.19. The fourth-order valence-electron chi connectivity index (χ4n) is 3.38. The van der Waals surface area contributed by atoms with Crippen LogP contribution in [0.3, 0.4) is 0 Å². The molecule has 14 heteroatoms. The summed E-state index contributed by atoms with van der Waals surface area (Å²) in [5, 5.41) is 26.2. The van der Waals surface area contributed by atoms with Crippen molar-refractivity contribution in [3.8, 4) is 0 Å². The van der Waals surface area contributed by atoms with Crippen molar-refractivity contribution in [3.63, 3.8) is 0 Å². The average molecular weight is 561 g/mol. The molecule has 0 saturated heterocycles. The minimum Gasteiger partial charge on any atom is -0.371 e. The highest BCUT2D eigenvalue weighted by Crippen LogP contribution is 2.03. The number of hydrogen-bond acceptors (Lipinski definition) is 10. The summed E-state index contributed by atoms with van der Waals surface area (Å²) in [6.45, 7) is 3.64. The van der Waals surface area contributed by atoms with Gasteiger partial charge in [-0.1, -0.05) is 12.8 Å². The first kappa shape index (κ1) is 36.2. The van der Waals surface area contributed by atoms with Crippen molar-refractivity contribution in [3.05, 3.63) is 0 Å². The van der Waals surface area contributed by atoms with Gasteiger partial charge in [-0.15, -0.1) is 0 Å². The van der Waals surface area contributed by atoms with Gasteiger partial charge in [-0.25, -0.2) is 10.1 Å². The number of carbonyl (C=O) groups excluding carboxylic acids is 5. The lowest BCUT2D eigenvalue weighted by Gasteiger charge is -2.15. The molecule has 0 aliphatic rings. The third-order valence-corrected chi connectivity index (χ3v) is 5.64. The highest BCUT2D eigenvalue weighted by molar-refractivity contribution is 5.83. The summed E-state index contributed by atoms with van der Waals surface area (Å²) in [5.41, 5.74) is 7.93. The van der Waals surface area contributed by atoms with Crippen molar-refractivity contribution in [2.75, 3.05) is 39.3 Å². The SMILES string of the molecule is CC(=O)ONCCCCCNC(=O)CCC(=O)N(O)CCCCCNC(=O)CCC(=O)N(O)CCCCCN. The van der Waals surface area contributed by atoms with Gasteiger partial charge >= 0.3 is 5.97 Å². The van der Waals surface area contributed by atoms with Gasteiger partial charge in [-0.3, -0.25) is 34.4 Å². The zero-order valence-corrected chi connectivity index (χ0v) is 23.3. The average Bonchev–Trinajstić information content (AvgIpc) is 2.91. The molecule has 226 valence electrons. The Morgan fingerprint density at radius 3 is 1.54 bits per heavy atom. The number of unbranched alkanes of at least 4 members (excludes halogenated alkanes) is 6. The fraction of sp³-hybridized carbons (Fsp3) is 0.800. The van der Waals surface area contributed by atoms with Crippen LogP contribution in [0.15, 0.2) is 0 Å². The monoisotopic (exact) mass is 560 g/mol. The van der Waals surface area contributed by atoms with Crippen molar-refractivity contribution < 1.29 is 39.2 Å². The molecule has 0 atom stereocenters. The molecule has 0 aromatic rings. The number of hydroxylamine groups is 5. The Kier molecular flexibility index (Phi) is 22.5. The summed E-state index contributed by atoms with van der Waals surface area (Å²) >= 11 is 0. The normalized spacial score (nSPS) is 10.6. The molecule has 0 spiro atoms. The Hall–Kier alpha value is -2.81. The van der Waals surface area contributed by atoms with Crippen LogP contribution < -0.4 is 21.8 Å². The lowest BCUT2D eigenvalue weighted by atomic mass is 10.2. The molecule has 0 saturated carbocycles. The van der Waals surface area contributed by atoms with Crippen molar-refractivity contribution in [1.29, 1.82) is 0 Å². The van der Waals surface area contributed by atoms with E-state index in [1.165, 1.54) is 6.92 Å². The quantitative estimate of drug-likeness (QED) is 0.0555. The predicted octanol–water partition coefficient (Wildman–Crippen LogP) is 0.752. The number of nitrogens with zero attached hydrogens (tertiary/aromatic N) is 2. The molecule has 0 bridgehead atoms. The van der Waals surface area contributed by atoms with E-state index in [4.69, 9.17) is 5.73 Å². The van der Waals surface area contributed by atoms with Gasteiger partial charge in [0.05, 0.1) is 0 Å². The third kappa shape index (κ3) is 22.8. The molecule has 0 rings (SSSR count). The largest absolute Gasteiger partial charge is 0.371 e. The summed E-state index contributed by atoms with van der Waals surface area (Å²) in [5.74, 6) is -1.97. The number of rotatable bonds is 24. The number of nitrogens with one attached hydrogen (secondary N) is 3. The van der Waals surface area contributed by atoms with Crippen molar-refractivity contribution in [1.82, 2.24) is 26.2 Å². The summed E-state index contributed by atoms with van der Waals surface area (Å²) in [6.07, 6.45) is 6.31. The molecule has 39 heavy (non-hydrogen) atoms. The Morgan fingerprint density at radius 2 is 1.08 bits per heavy atom. The molecule has 0 fully saturated rings. The van der Waals surface area contributed by atoms with Crippen LogP contribution in [-0.4, -0.2) is 89.4 Å². The lowest BCUT2D eigenvalue weighted by molar-refractivity contribution is -0.166. The number of carbonyl (C=O) groups is 5. The first-order chi connectivity index (χ1) is 18.7. The van der Waals surface area contributed by atoms with E-state index in [-0.39, 0.29) is 50.6 Å². The first-order valence-corrected chi connectivity index (χ1v) is 13.8. The standard InChI is InChI=1S/C25H48N6O8/c1-21(32)39-29-18-8-3-6-16-27-22(33)11-14-25(36)31(38)20-10-4-7-17-28-23(34)12-13-24(35)30(37)19-9-2-5-15-26/h29,37-38H,2-20,26H2,1H3,(H,27,33)(H,28,34). The molecule has 14 nitrogen and oxygen atoms in total. The molecule has 0 aliphatic heterocycles. The summed E-state index contributed by atoms with van der Waals surface area (Å²) < 4.78 is 0. The molecular weight excluding hydrogens is 512 g/mol. The van der Waals surface area contributed by atoms with Crippen molar-refractivity contribution >= 4 is 29.6 Å². The molecule has 0 heterocycles. The van der Waals surface area contributed by atoms with Crippen molar-refractivity contribution in [2.24, 2.45) is 5.73 Å². The Bertz CT molecular complexity index is 725. The maximum absolute atomic E-state index is 12.0. The van der Waals surface area contributed by atoms with E-state index in [1.807, 2.05) is 0 Å². The molecule has 0 aromatic carbocycles. The molecule has 7 N–H and O–H groups in total. The van der Waals surface area contributed by atoms with Gasteiger partial charge in [0.2, 0.25) is 23.6 Å². The third-order valence-electron chi connectivity index (χ3n) is 5.64. The zero-order valence-electron chi connectivity index (χ0n) is 23.3. The summed E-state index contributed by atoms with van der Waals surface area (Å²) in [4.78, 5) is 62.7. The Morgan fingerprint density at radius 1 is 0.641 bits per heavy atom. The van der Waals surface area contributed by atoms with Gasteiger partial charge in [-0.05, 0) is 51.5 Å². The fourth-order valence-corrected chi connectivity index (χ4v) is 3.38. The van der Waals surface area contributed by atoms with Crippen LogP contribution in [0.5, 0.6) is 0 Å². The van der Waals surface area contributed by atoms with E-state index >= 15 is 0 Å². The topological polar surface area (TPSA) is 204 Å². The molecule has 0 aromatic heterocycles. The van der Waals surface area contributed by atoms with Gasteiger partial charge < -0.3 is 21.2 Å². The van der Waals surface area contributed by atoms with Crippen LogP contribution in [0.4, 0.5) is 0 Å². The van der Waals surface area contributed by atoms with Gasteiger partial charge in [0.25, 0.3) is 0 Å². The van der Waals surface area contributed by atoms with E-state index in [0.29, 0.717) is 62.0 Å². The number of nitrogens with two attached hydrogens (primary N) is 1. The zero-order chi connectivity index (χ0) is 29.3. The minimum absolute atomic E-state index is 0.0131. The molecular formula is C25H48N6O8. The smallest absolute Gasteiger partial charge is 0.321 e. The molecule has 4 amide bonds. The van der Waals surface area contributed by atoms with Crippen LogP contribution in [0, 0.1) is 0 Å². The van der Waals surface area contributed by atoms with Gasteiger partial charge in [0.15, 0.2) is 0 Å². The van der Waals surface area contributed by atoms with Crippen LogP contribution in [0.25, 0.3) is 0 Å². The van der Waals surface area contributed by atoms with Gasteiger partial charge in [0, 0.05) is 65.3 Å². The van der Waals surface area contributed by atoms with E-state index in [9.17, 15) is 34.4 Å². The van der Waals surface area contributed by atoms with Crippen LogP contribution >= 0.6 is 0 Å². The maximum Gasteiger partial charge on any atom is 0.321 e. The molecule has 0 unspecified atom stereocenters.